The van der Waals surface area contributed by atoms with Gasteiger partial charge in [0.25, 0.3) is 0 Å². The molecule has 3 aromatic rings. The van der Waals surface area contributed by atoms with Gasteiger partial charge in [-0.3, -0.25) is 4.79 Å². The van der Waals surface area contributed by atoms with Crippen LogP contribution in [0.1, 0.15) is 12.5 Å². The van der Waals surface area contributed by atoms with Crippen LogP contribution in [0.25, 0.3) is 10.6 Å². The molecule has 2 heterocycles. The third kappa shape index (κ3) is 4.69. The zero-order chi connectivity index (χ0) is 16.9. The van der Waals surface area contributed by atoms with Crippen LogP contribution in [0.5, 0.6) is 0 Å². The summed E-state index contributed by atoms with van der Waals surface area (Å²) in [5.74, 6) is 1.01. The second kappa shape index (κ2) is 8.29. The zero-order valence-corrected chi connectivity index (χ0v) is 16.9. The number of halogens is 1. The van der Waals surface area contributed by atoms with Gasteiger partial charge in [0, 0.05) is 10.3 Å². The first kappa shape index (κ1) is 17.7. The van der Waals surface area contributed by atoms with Gasteiger partial charge in [0.2, 0.25) is 5.91 Å². The van der Waals surface area contributed by atoms with Gasteiger partial charge >= 0.3 is 0 Å². The number of thiophene rings is 1. The maximum atomic E-state index is 12.2. The molecule has 0 atom stereocenters. The number of benzene rings is 1. The van der Waals surface area contributed by atoms with Crippen molar-refractivity contribution in [2.24, 2.45) is 0 Å². The summed E-state index contributed by atoms with van der Waals surface area (Å²) < 4.78 is 1.07. The van der Waals surface area contributed by atoms with Gasteiger partial charge in [0.05, 0.1) is 20.8 Å². The lowest BCUT2D eigenvalue weighted by molar-refractivity contribution is -0.115. The maximum absolute atomic E-state index is 12.2. The molecule has 1 N–H and O–H groups in total. The Morgan fingerprint density at radius 2 is 2.04 bits per heavy atom. The van der Waals surface area contributed by atoms with Crippen molar-refractivity contribution in [3.05, 3.63) is 51.1 Å². The summed E-state index contributed by atoms with van der Waals surface area (Å²) in [6.45, 7) is 2.13. The molecule has 0 bridgehead atoms. The van der Waals surface area contributed by atoms with Gasteiger partial charge in [-0.2, -0.15) is 0 Å². The number of aromatic nitrogens is 1. The molecular formula is C17H15BrN2OS3. The molecule has 0 unspecified atom stereocenters. The second-order valence-corrected chi connectivity index (χ2v) is 9.60. The molecule has 1 amide bonds. The van der Waals surface area contributed by atoms with Crippen molar-refractivity contribution in [1.82, 2.24) is 4.98 Å². The molecule has 3 rings (SSSR count). The highest BCUT2D eigenvalue weighted by Gasteiger charge is 2.10. The number of carbonyl (C=O) groups is 1. The lowest BCUT2D eigenvalue weighted by atomic mass is 10.1. The summed E-state index contributed by atoms with van der Waals surface area (Å²) in [5, 5.41) is 5.48. The molecule has 124 valence electrons. The third-order valence-corrected chi connectivity index (χ3v) is 6.47. The molecule has 0 saturated heterocycles. The summed E-state index contributed by atoms with van der Waals surface area (Å²) in [7, 11) is 0. The fourth-order valence-electron chi connectivity index (χ4n) is 2.12. The van der Waals surface area contributed by atoms with E-state index in [1.54, 1.807) is 23.1 Å². The molecule has 0 radical (unpaired) electrons. The zero-order valence-electron chi connectivity index (χ0n) is 12.9. The number of anilines is 1. The number of carbonyl (C=O) groups excluding carboxylic acids is 1. The molecule has 2 aromatic heterocycles. The number of amides is 1. The lowest BCUT2D eigenvalue weighted by Crippen LogP contribution is -2.14. The van der Waals surface area contributed by atoms with Crippen molar-refractivity contribution in [3.8, 4) is 10.6 Å². The first-order valence-electron chi connectivity index (χ1n) is 7.37. The van der Waals surface area contributed by atoms with E-state index in [1.165, 1.54) is 16.2 Å². The van der Waals surface area contributed by atoms with Gasteiger partial charge in [0.1, 0.15) is 0 Å². The molecule has 3 nitrogen and oxygen atoms in total. The highest BCUT2D eigenvalue weighted by atomic mass is 79.9. The number of hydrogen-bond donors (Lipinski definition) is 1. The Balaban J connectivity index is 1.59. The van der Waals surface area contributed by atoms with Crippen molar-refractivity contribution in [2.75, 3.05) is 11.1 Å². The van der Waals surface area contributed by atoms with Gasteiger partial charge < -0.3 is 5.32 Å². The molecule has 0 saturated carbocycles. The quantitative estimate of drug-likeness (QED) is 0.485. The molecule has 0 aliphatic rings. The number of thiazole rings is 1. The number of nitrogens with one attached hydrogen (secondary N) is 1. The Morgan fingerprint density at radius 3 is 2.71 bits per heavy atom. The van der Waals surface area contributed by atoms with E-state index in [0.717, 1.165) is 25.7 Å². The van der Waals surface area contributed by atoms with Crippen LogP contribution in [0, 0.1) is 0 Å². The van der Waals surface area contributed by atoms with Crippen LogP contribution in [0.4, 0.5) is 5.13 Å². The first-order valence-corrected chi connectivity index (χ1v) is 10.8. The lowest BCUT2D eigenvalue weighted by Gasteiger charge is -2.03. The number of nitrogens with zero attached hydrogens (tertiary/aromatic N) is 1. The highest BCUT2D eigenvalue weighted by molar-refractivity contribution is 9.11. The fraction of sp³-hybridized carbons (Fsp3) is 0.176. The molecule has 24 heavy (non-hydrogen) atoms. The van der Waals surface area contributed by atoms with Gasteiger partial charge in [-0.05, 0) is 51.5 Å². The van der Waals surface area contributed by atoms with E-state index in [2.05, 4.69) is 45.3 Å². The minimum absolute atomic E-state index is 0.0424. The van der Waals surface area contributed by atoms with Crippen molar-refractivity contribution in [1.29, 1.82) is 0 Å². The average molecular weight is 439 g/mol. The minimum atomic E-state index is -0.0424. The van der Waals surface area contributed by atoms with E-state index in [1.807, 2.05) is 29.6 Å². The van der Waals surface area contributed by atoms with E-state index >= 15 is 0 Å². The van der Waals surface area contributed by atoms with Crippen molar-refractivity contribution in [3.63, 3.8) is 0 Å². The molecule has 7 heteroatoms. The van der Waals surface area contributed by atoms with Gasteiger partial charge in [-0.15, -0.1) is 34.4 Å². The van der Waals surface area contributed by atoms with Crippen LogP contribution in [-0.4, -0.2) is 16.6 Å². The Kier molecular flexibility index (Phi) is 6.10. The highest BCUT2D eigenvalue weighted by Crippen LogP contribution is 2.33. The van der Waals surface area contributed by atoms with Crippen LogP contribution in [0.15, 0.2) is 50.5 Å². The van der Waals surface area contributed by atoms with Crippen LogP contribution < -0.4 is 5.32 Å². The van der Waals surface area contributed by atoms with Crippen LogP contribution in [-0.2, 0) is 11.2 Å². The Bertz CT molecular complexity index is 826. The summed E-state index contributed by atoms with van der Waals surface area (Å²) in [6, 6.07) is 12.2. The Morgan fingerprint density at radius 1 is 1.25 bits per heavy atom. The van der Waals surface area contributed by atoms with E-state index in [9.17, 15) is 4.79 Å². The van der Waals surface area contributed by atoms with E-state index in [-0.39, 0.29) is 5.91 Å². The number of hydrogen-bond acceptors (Lipinski definition) is 5. The maximum Gasteiger partial charge on any atom is 0.230 e. The van der Waals surface area contributed by atoms with E-state index in [4.69, 9.17) is 0 Å². The standard InChI is InChI=1S/C17H15BrN2OS3/c1-2-22-12-5-3-11(4-6-12)9-16(21)20-17-19-13(10-23-17)14-7-8-15(18)24-14/h3-8,10H,2,9H2,1H3,(H,19,20,21). The summed E-state index contributed by atoms with van der Waals surface area (Å²) >= 11 is 8.32. The second-order valence-electron chi connectivity index (χ2n) is 4.94. The minimum Gasteiger partial charge on any atom is -0.302 e. The van der Waals surface area contributed by atoms with E-state index < -0.39 is 0 Å². The van der Waals surface area contributed by atoms with Crippen molar-refractivity contribution < 1.29 is 4.79 Å². The van der Waals surface area contributed by atoms with Gasteiger partial charge in [-0.25, -0.2) is 4.98 Å². The summed E-state index contributed by atoms with van der Waals surface area (Å²) in [4.78, 5) is 19.0. The normalized spacial score (nSPS) is 10.8. The van der Waals surface area contributed by atoms with Crippen LogP contribution in [0.2, 0.25) is 0 Å². The smallest absolute Gasteiger partial charge is 0.230 e. The molecule has 1 aromatic carbocycles. The predicted molar refractivity (Wildman–Crippen MR) is 108 cm³/mol. The summed E-state index contributed by atoms with van der Waals surface area (Å²) in [5.41, 5.74) is 1.90. The predicted octanol–water partition coefficient (Wildman–Crippen LogP) is 5.93. The summed E-state index contributed by atoms with van der Waals surface area (Å²) in [6.07, 6.45) is 0.358. The van der Waals surface area contributed by atoms with Crippen molar-refractivity contribution in [2.45, 2.75) is 18.2 Å². The molecule has 0 spiro atoms. The topological polar surface area (TPSA) is 42.0 Å². The Hall–Kier alpha value is -1.15. The van der Waals surface area contributed by atoms with Gasteiger partial charge in [-0.1, -0.05) is 19.1 Å². The number of rotatable bonds is 6. The SMILES string of the molecule is CCSc1ccc(CC(=O)Nc2nc(-c3ccc(Br)s3)cs2)cc1. The van der Waals surface area contributed by atoms with Gasteiger partial charge in [0.15, 0.2) is 5.13 Å². The third-order valence-electron chi connectivity index (χ3n) is 3.18. The van der Waals surface area contributed by atoms with Crippen LogP contribution in [0.3, 0.4) is 0 Å². The largest absolute Gasteiger partial charge is 0.302 e. The van der Waals surface area contributed by atoms with Crippen molar-refractivity contribution >= 4 is 61.4 Å². The first-order chi connectivity index (χ1) is 11.6. The average Bonchev–Trinajstić information content (AvgIpc) is 3.18. The van der Waals surface area contributed by atoms with Crippen LogP contribution >= 0.6 is 50.4 Å². The fourth-order valence-corrected chi connectivity index (χ4v) is 4.93. The Labute approximate surface area is 161 Å². The molecular weight excluding hydrogens is 424 g/mol. The molecule has 0 aliphatic carbocycles. The monoisotopic (exact) mass is 438 g/mol. The van der Waals surface area contributed by atoms with E-state index in [0.29, 0.717) is 11.6 Å². The molecule has 0 fully saturated rings. The number of thioether (sulfide) groups is 1. The molecule has 0 aliphatic heterocycles.